The Balaban J connectivity index is 2.21. The van der Waals surface area contributed by atoms with Gasteiger partial charge in [0, 0.05) is 5.56 Å². The average Bonchev–Trinajstić information content (AvgIpc) is 2.81. The third-order valence-electron chi connectivity index (χ3n) is 2.91. The van der Waals surface area contributed by atoms with E-state index in [-0.39, 0.29) is 0 Å². The van der Waals surface area contributed by atoms with Crippen LogP contribution in [0.4, 0.5) is 0 Å². The van der Waals surface area contributed by atoms with Crippen molar-refractivity contribution in [1.29, 1.82) is 0 Å². The zero-order chi connectivity index (χ0) is 11.0. The molecule has 0 bridgehead atoms. The summed E-state index contributed by atoms with van der Waals surface area (Å²) in [6.45, 7) is 3.59. The number of benzene rings is 2. The van der Waals surface area contributed by atoms with Gasteiger partial charge in [-0.05, 0) is 29.3 Å². The van der Waals surface area contributed by atoms with E-state index in [0.29, 0.717) is 6.61 Å². The molecule has 1 aliphatic heterocycles. The van der Waals surface area contributed by atoms with Crippen molar-refractivity contribution >= 4 is 16.7 Å². The van der Waals surface area contributed by atoms with Gasteiger partial charge in [0.1, 0.15) is 6.61 Å². The fraction of sp³-hybridized carbons (Fsp3) is 0.214. The molecule has 0 aliphatic carbocycles. The van der Waals surface area contributed by atoms with Gasteiger partial charge in [0.2, 0.25) is 5.90 Å². The second-order valence-electron chi connectivity index (χ2n) is 4.05. The maximum atomic E-state index is 5.52. The SMILES string of the molecule is Cc1cc2ccccc2cc1C1=NCCO1. The van der Waals surface area contributed by atoms with E-state index in [1.54, 1.807) is 0 Å². The summed E-state index contributed by atoms with van der Waals surface area (Å²) in [5, 5.41) is 2.50. The summed E-state index contributed by atoms with van der Waals surface area (Å²) in [6, 6.07) is 12.7. The van der Waals surface area contributed by atoms with Gasteiger partial charge in [0.25, 0.3) is 0 Å². The van der Waals surface area contributed by atoms with Crippen molar-refractivity contribution in [3.05, 3.63) is 47.5 Å². The van der Waals surface area contributed by atoms with Crippen LogP contribution in [0.2, 0.25) is 0 Å². The summed E-state index contributed by atoms with van der Waals surface area (Å²) in [4.78, 5) is 4.37. The molecule has 2 nitrogen and oxygen atoms in total. The van der Waals surface area contributed by atoms with Crippen LogP contribution in [0.1, 0.15) is 11.1 Å². The van der Waals surface area contributed by atoms with Gasteiger partial charge < -0.3 is 4.74 Å². The Kier molecular flexibility index (Phi) is 2.13. The molecule has 1 aliphatic rings. The number of ether oxygens (including phenoxy) is 1. The molecule has 0 unspecified atom stereocenters. The molecule has 0 aromatic heterocycles. The van der Waals surface area contributed by atoms with E-state index in [2.05, 4.69) is 48.3 Å². The van der Waals surface area contributed by atoms with E-state index in [1.807, 2.05) is 0 Å². The minimum Gasteiger partial charge on any atom is -0.476 e. The Labute approximate surface area is 94.6 Å². The van der Waals surface area contributed by atoms with E-state index in [0.717, 1.165) is 18.0 Å². The van der Waals surface area contributed by atoms with E-state index >= 15 is 0 Å². The Morgan fingerprint density at radius 1 is 1.12 bits per heavy atom. The lowest BCUT2D eigenvalue weighted by molar-refractivity contribution is 0.348. The van der Waals surface area contributed by atoms with Crippen molar-refractivity contribution in [3.8, 4) is 0 Å². The van der Waals surface area contributed by atoms with Gasteiger partial charge in [0.15, 0.2) is 0 Å². The normalized spacial score (nSPS) is 14.9. The highest BCUT2D eigenvalue weighted by Crippen LogP contribution is 2.21. The summed E-state index contributed by atoms with van der Waals surface area (Å²) in [6.07, 6.45) is 0. The fourth-order valence-corrected chi connectivity index (χ4v) is 2.08. The van der Waals surface area contributed by atoms with Gasteiger partial charge in [-0.2, -0.15) is 0 Å². The lowest BCUT2D eigenvalue weighted by Gasteiger charge is -2.07. The molecule has 0 N–H and O–H groups in total. The number of rotatable bonds is 1. The predicted molar refractivity (Wildman–Crippen MR) is 66.0 cm³/mol. The van der Waals surface area contributed by atoms with Gasteiger partial charge in [-0.3, -0.25) is 0 Å². The predicted octanol–water partition coefficient (Wildman–Crippen LogP) is 2.93. The van der Waals surface area contributed by atoms with Gasteiger partial charge in [-0.1, -0.05) is 30.3 Å². The third kappa shape index (κ3) is 1.47. The number of hydrogen-bond acceptors (Lipinski definition) is 2. The Bertz CT molecular complexity index is 572. The molecule has 0 saturated heterocycles. The standard InChI is InChI=1S/C14H13NO/c1-10-8-11-4-2-3-5-12(11)9-13(10)14-15-6-7-16-14/h2-5,8-9H,6-7H2,1H3. The number of hydrogen-bond donors (Lipinski definition) is 0. The van der Waals surface area contributed by atoms with Crippen LogP contribution in [0.15, 0.2) is 41.4 Å². The molecular weight excluding hydrogens is 198 g/mol. The van der Waals surface area contributed by atoms with Crippen molar-refractivity contribution in [2.45, 2.75) is 6.92 Å². The van der Waals surface area contributed by atoms with Gasteiger partial charge in [0.05, 0.1) is 6.54 Å². The van der Waals surface area contributed by atoms with Crippen LogP contribution >= 0.6 is 0 Å². The summed E-state index contributed by atoms with van der Waals surface area (Å²) in [5.74, 6) is 0.795. The zero-order valence-electron chi connectivity index (χ0n) is 9.23. The minimum atomic E-state index is 0.710. The van der Waals surface area contributed by atoms with E-state index < -0.39 is 0 Å². The molecule has 0 saturated carbocycles. The monoisotopic (exact) mass is 211 g/mol. The average molecular weight is 211 g/mol. The first-order valence-electron chi connectivity index (χ1n) is 5.51. The highest BCUT2D eigenvalue weighted by atomic mass is 16.5. The molecule has 80 valence electrons. The minimum absolute atomic E-state index is 0.710. The van der Waals surface area contributed by atoms with Crippen molar-refractivity contribution in [2.75, 3.05) is 13.2 Å². The quantitative estimate of drug-likeness (QED) is 0.710. The number of fused-ring (bicyclic) bond motifs is 1. The highest BCUT2D eigenvalue weighted by molar-refractivity contribution is 6.00. The van der Waals surface area contributed by atoms with Crippen molar-refractivity contribution in [3.63, 3.8) is 0 Å². The zero-order valence-corrected chi connectivity index (χ0v) is 9.23. The lowest BCUT2D eigenvalue weighted by Crippen LogP contribution is -2.03. The fourth-order valence-electron chi connectivity index (χ4n) is 2.08. The molecule has 0 spiro atoms. The molecule has 16 heavy (non-hydrogen) atoms. The van der Waals surface area contributed by atoms with Crippen LogP contribution in [-0.4, -0.2) is 19.0 Å². The number of aliphatic imine (C=N–C) groups is 1. The maximum absolute atomic E-state index is 5.52. The highest BCUT2D eigenvalue weighted by Gasteiger charge is 2.13. The molecule has 2 heteroatoms. The second kappa shape index (κ2) is 3.63. The van der Waals surface area contributed by atoms with E-state index in [4.69, 9.17) is 4.74 Å². The van der Waals surface area contributed by atoms with Crippen LogP contribution in [0.3, 0.4) is 0 Å². The number of aryl methyl sites for hydroxylation is 1. The van der Waals surface area contributed by atoms with E-state index in [1.165, 1.54) is 16.3 Å². The molecule has 0 amide bonds. The van der Waals surface area contributed by atoms with E-state index in [9.17, 15) is 0 Å². The smallest absolute Gasteiger partial charge is 0.216 e. The van der Waals surface area contributed by atoms with Gasteiger partial charge >= 0.3 is 0 Å². The molecule has 2 aromatic carbocycles. The largest absolute Gasteiger partial charge is 0.476 e. The number of nitrogens with zero attached hydrogens (tertiary/aromatic N) is 1. The maximum Gasteiger partial charge on any atom is 0.216 e. The first-order valence-corrected chi connectivity index (χ1v) is 5.51. The van der Waals surface area contributed by atoms with Crippen molar-refractivity contribution in [2.24, 2.45) is 4.99 Å². The molecule has 0 fully saturated rings. The van der Waals surface area contributed by atoms with Crippen LogP contribution in [0.5, 0.6) is 0 Å². The first-order chi connectivity index (χ1) is 7.84. The topological polar surface area (TPSA) is 21.6 Å². The van der Waals surface area contributed by atoms with Crippen LogP contribution < -0.4 is 0 Å². The second-order valence-corrected chi connectivity index (χ2v) is 4.05. The van der Waals surface area contributed by atoms with Crippen LogP contribution in [0.25, 0.3) is 10.8 Å². The lowest BCUT2D eigenvalue weighted by atomic mass is 10.0. The Hall–Kier alpha value is -1.83. The van der Waals surface area contributed by atoms with Crippen LogP contribution in [-0.2, 0) is 4.74 Å². The van der Waals surface area contributed by atoms with Gasteiger partial charge in [-0.15, -0.1) is 0 Å². The van der Waals surface area contributed by atoms with Crippen molar-refractivity contribution in [1.82, 2.24) is 0 Å². The van der Waals surface area contributed by atoms with Gasteiger partial charge in [-0.25, -0.2) is 4.99 Å². The molecule has 1 heterocycles. The van der Waals surface area contributed by atoms with Crippen LogP contribution in [0, 0.1) is 6.92 Å². The molecular formula is C14H13NO. The Morgan fingerprint density at radius 3 is 2.56 bits per heavy atom. The summed E-state index contributed by atoms with van der Waals surface area (Å²) in [7, 11) is 0. The molecule has 0 atom stereocenters. The summed E-state index contributed by atoms with van der Waals surface area (Å²) in [5.41, 5.74) is 2.34. The summed E-state index contributed by atoms with van der Waals surface area (Å²) >= 11 is 0. The Morgan fingerprint density at radius 2 is 1.88 bits per heavy atom. The third-order valence-corrected chi connectivity index (χ3v) is 2.91. The van der Waals surface area contributed by atoms with Crippen molar-refractivity contribution < 1.29 is 4.74 Å². The summed E-state index contributed by atoms with van der Waals surface area (Å²) < 4.78 is 5.52. The molecule has 0 radical (unpaired) electrons. The molecule has 3 rings (SSSR count). The first kappa shape index (κ1) is 9.40. The molecule has 2 aromatic rings.